The highest BCUT2D eigenvalue weighted by atomic mass is 79.9. The quantitative estimate of drug-likeness (QED) is 0.822. The van der Waals surface area contributed by atoms with E-state index in [-0.39, 0.29) is 9.92 Å². The minimum atomic E-state index is -3.81. The maximum Gasteiger partial charge on any atom is 0.263 e. The Bertz CT molecular complexity index is 722. The summed E-state index contributed by atoms with van der Waals surface area (Å²) in [5.74, 6) is 0. The molecular weight excluding hydrogens is 354 g/mol. The fraction of sp³-hybridized carbons (Fsp3) is 0. The molecular formula is C11H9BrClN3O2S. The molecule has 0 fully saturated rings. The van der Waals surface area contributed by atoms with E-state index in [9.17, 15) is 8.42 Å². The van der Waals surface area contributed by atoms with Gasteiger partial charge in [-0.15, -0.1) is 0 Å². The van der Waals surface area contributed by atoms with Gasteiger partial charge in [0.25, 0.3) is 10.0 Å². The number of hydrogen-bond acceptors (Lipinski definition) is 4. The first-order chi connectivity index (χ1) is 8.90. The normalized spacial score (nSPS) is 11.3. The van der Waals surface area contributed by atoms with Gasteiger partial charge in [-0.25, -0.2) is 8.42 Å². The van der Waals surface area contributed by atoms with Crippen molar-refractivity contribution in [2.24, 2.45) is 0 Å². The third-order valence-electron chi connectivity index (χ3n) is 2.26. The van der Waals surface area contributed by atoms with Gasteiger partial charge in [-0.05, 0) is 40.2 Å². The van der Waals surface area contributed by atoms with Crippen LogP contribution in [-0.4, -0.2) is 13.4 Å². The predicted octanol–water partition coefficient (Wildman–Crippen LogP) is 2.88. The lowest BCUT2D eigenvalue weighted by Gasteiger charge is -2.11. The molecule has 5 nitrogen and oxygen atoms in total. The van der Waals surface area contributed by atoms with E-state index in [1.54, 1.807) is 0 Å². The Morgan fingerprint density at radius 1 is 1.32 bits per heavy atom. The SMILES string of the molecule is Nc1ccc(Cl)c(S(=O)(=O)Nc2ccncc2Br)c1. The summed E-state index contributed by atoms with van der Waals surface area (Å²) < 4.78 is 27.4. The number of rotatable bonds is 3. The second kappa shape index (κ2) is 5.36. The average Bonchev–Trinajstić information content (AvgIpc) is 2.35. The molecule has 0 aliphatic heterocycles. The van der Waals surface area contributed by atoms with Crippen molar-refractivity contribution in [1.29, 1.82) is 0 Å². The third-order valence-corrected chi connectivity index (χ3v) is 4.74. The van der Waals surface area contributed by atoms with Crippen LogP contribution in [0.15, 0.2) is 46.0 Å². The molecule has 100 valence electrons. The number of pyridine rings is 1. The maximum absolute atomic E-state index is 12.2. The van der Waals surface area contributed by atoms with E-state index in [1.807, 2.05) is 0 Å². The Morgan fingerprint density at radius 3 is 2.74 bits per heavy atom. The number of nitrogens with zero attached hydrogens (tertiary/aromatic N) is 1. The summed E-state index contributed by atoms with van der Waals surface area (Å²) >= 11 is 9.10. The summed E-state index contributed by atoms with van der Waals surface area (Å²) in [6.45, 7) is 0. The van der Waals surface area contributed by atoms with E-state index >= 15 is 0 Å². The van der Waals surface area contributed by atoms with Gasteiger partial charge in [0.15, 0.2) is 0 Å². The number of halogens is 2. The molecule has 0 aliphatic rings. The van der Waals surface area contributed by atoms with Gasteiger partial charge in [0.2, 0.25) is 0 Å². The molecule has 1 aromatic heterocycles. The zero-order valence-electron chi connectivity index (χ0n) is 9.47. The van der Waals surface area contributed by atoms with Crippen LogP contribution in [0.2, 0.25) is 5.02 Å². The molecule has 0 aliphatic carbocycles. The topological polar surface area (TPSA) is 85.1 Å². The van der Waals surface area contributed by atoms with Gasteiger partial charge in [-0.2, -0.15) is 0 Å². The van der Waals surface area contributed by atoms with E-state index in [0.29, 0.717) is 15.8 Å². The van der Waals surface area contributed by atoms with Crippen LogP contribution in [0, 0.1) is 0 Å². The van der Waals surface area contributed by atoms with Crippen LogP contribution < -0.4 is 10.5 Å². The number of aromatic nitrogens is 1. The summed E-state index contributed by atoms with van der Waals surface area (Å²) in [7, 11) is -3.81. The largest absolute Gasteiger partial charge is 0.399 e. The molecule has 0 atom stereocenters. The van der Waals surface area contributed by atoms with E-state index < -0.39 is 10.0 Å². The van der Waals surface area contributed by atoms with Crippen LogP contribution in [0.5, 0.6) is 0 Å². The van der Waals surface area contributed by atoms with Crippen LogP contribution in [-0.2, 0) is 10.0 Å². The zero-order valence-corrected chi connectivity index (χ0v) is 12.6. The predicted molar refractivity (Wildman–Crippen MR) is 78.6 cm³/mol. The highest BCUT2D eigenvalue weighted by Gasteiger charge is 2.19. The lowest BCUT2D eigenvalue weighted by Crippen LogP contribution is -2.14. The number of nitrogens with two attached hydrogens (primary N) is 1. The molecule has 19 heavy (non-hydrogen) atoms. The highest BCUT2D eigenvalue weighted by Crippen LogP contribution is 2.28. The first-order valence-corrected chi connectivity index (χ1v) is 7.73. The van der Waals surface area contributed by atoms with Gasteiger partial charge in [0.1, 0.15) is 4.90 Å². The van der Waals surface area contributed by atoms with Crippen LogP contribution in [0.3, 0.4) is 0 Å². The Labute approximate surface area is 124 Å². The molecule has 0 spiro atoms. The lowest BCUT2D eigenvalue weighted by molar-refractivity contribution is 0.601. The monoisotopic (exact) mass is 361 g/mol. The third kappa shape index (κ3) is 3.17. The minimum Gasteiger partial charge on any atom is -0.399 e. The van der Waals surface area contributed by atoms with Crippen LogP contribution in [0.1, 0.15) is 0 Å². The standard InChI is InChI=1S/C11H9BrClN3O2S/c12-8-6-15-4-3-10(8)16-19(17,18)11-5-7(14)1-2-9(11)13/h1-6H,14H2,(H,15,16). The van der Waals surface area contributed by atoms with E-state index in [0.717, 1.165) is 0 Å². The molecule has 3 N–H and O–H groups in total. The molecule has 0 saturated carbocycles. The lowest BCUT2D eigenvalue weighted by atomic mass is 10.3. The molecule has 0 unspecified atom stereocenters. The smallest absolute Gasteiger partial charge is 0.263 e. The van der Waals surface area contributed by atoms with Gasteiger partial charge < -0.3 is 5.73 Å². The van der Waals surface area contributed by atoms with Crippen molar-refractivity contribution in [1.82, 2.24) is 4.98 Å². The molecule has 8 heteroatoms. The average molecular weight is 363 g/mol. The number of benzene rings is 1. The summed E-state index contributed by atoms with van der Waals surface area (Å²) in [5.41, 5.74) is 6.26. The zero-order chi connectivity index (χ0) is 14.0. The Hall–Kier alpha value is -1.31. The molecule has 0 saturated heterocycles. The van der Waals surface area contributed by atoms with Crippen LogP contribution in [0.4, 0.5) is 11.4 Å². The Kier molecular flexibility index (Phi) is 3.98. The number of sulfonamides is 1. The van der Waals surface area contributed by atoms with Crippen molar-refractivity contribution in [3.05, 3.63) is 46.2 Å². The molecule has 2 aromatic rings. The molecule has 1 aromatic carbocycles. The maximum atomic E-state index is 12.2. The van der Waals surface area contributed by atoms with Crippen molar-refractivity contribution in [3.8, 4) is 0 Å². The summed E-state index contributed by atoms with van der Waals surface area (Å²) in [6.07, 6.45) is 2.96. The molecule has 2 rings (SSSR count). The van der Waals surface area contributed by atoms with Gasteiger partial charge in [0.05, 0.1) is 15.2 Å². The van der Waals surface area contributed by atoms with Crippen molar-refractivity contribution in [2.75, 3.05) is 10.5 Å². The Morgan fingerprint density at radius 2 is 2.05 bits per heavy atom. The molecule has 0 bridgehead atoms. The van der Waals surface area contributed by atoms with Gasteiger partial charge in [-0.1, -0.05) is 11.6 Å². The van der Waals surface area contributed by atoms with Crippen molar-refractivity contribution in [3.63, 3.8) is 0 Å². The number of hydrogen-bond donors (Lipinski definition) is 2. The fourth-order valence-electron chi connectivity index (χ4n) is 1.38. The van der Waals surface area contributed by atoms with E-state index in [4.69, 9.17) is 17.3 Å². The van der Waals surface area contributed by atoms with Gasteiger partial charge >= 0.3 is 0 Å². The van der Waals surface area contributed by atoms with Crippen LogP contribution in [0.25, 0.3) is 0 Å². The second-order valence-electron chi connectivity index (χ2n) is 3.65. The second-order valence-corrected chi connectivity index (χ2v) is 6.56. The molecule has 1 heterocycles. The van der Waals surface area contributed by atoms with Gasteiger partial charge in [0, 0.05) is 18.1 Å². The number of anilines is 2. The van der Waals surface area contributed by atoms with Crippen molar-refractivity contribution < 1.29 is 8.42 Å². The first-order valence-electron chi connectivity index (χ1n) is 5.07. The molecule has 0 radical (unpaired) electrons. The van der Waals surface area contributed by atoms with E-state index in [1.165, 1.54) is 36.7 Å². The van der Waals surface area contributed by atoms with Crippen LogP contribution >= 0.6 is 27.5 Å². The van der Waals surface area contributed by atoms with E-state index in [2.05, 4.69) is 25.6 Å². The first kappa shape index (κ1) is 14.1. The fourth-order valence-corrected chi connectivity index (χ4v) is 3.48. The van der Waals surface area contributed by atoms with Gasteiger partial charge in [-0.3, -0.25) is 9.71 Å². The summed E-state index contributed by atoms with van der Waals surface area (Å²) in [5, 5.41) is 0.104. The molecule has 0 amide bonds. The number of nitrogen functional groups attached to an aromatic ring is 1. The Balaban J connectivity index is 2.44. The number of nitrogens with one attached hydrogen (secondary N) is 1. The minimum absolute atomic E-state index is 0.0714. The van der Waals surface area contributed by atoms with Crippen molar-refractivity contribution in [2.45, 2.75) is 4.90 Å². The summed E-state index contributed by atoms with van der Waals surface area (Å²) in [4.78, 5) is 3.78. The highest BCUT2D eigenvalue weighted by molar-refractivity contribution is 9.10. The summed E-state index contributed by atoms with van der Waals surface area (Å²) in [6, 6.07) is 5.80. The van der Waals surface area contributed by atoms with Crippen molar-refractivity contribution >= 4 is 48.9 Å².